The molecule has 0 saturated carbocycles. The van der Waals surface area contributed by atoms with Gasteiger partial charge in [-0.05, 0) is 29.5 Å². The summed E-state index contributed by atoms with van der Waals surface area (Å²) in [7, 11) is -3.00. The van der Waals surface area contributed by atoms with Gasteiger partial charge in [-0.1, -0.05) is 24.3 Å². The molecule has 4 rings (SSSR count). The summed E-state index contributed by atoms with van der Waals surface area (Å²) in [5.41, 5.74) is 2.11. The predicted octanol–water partition coefficient (Wildman–Crippen LogP) is 2.19. The van der Waals surface area contributed by atoms with Crippen LogP contribution in [0.2, 0.25) is 0 Å². The van der Waals surface area contributed by atoms with E-state index in [1.54, 1.807) is 11.3 Å². The summed E-state index contributed by atoms with van der Waals surface area (Å²) in [6.45, 7) is 1.27. The number of fused-ring (bicyclic) bond motifs is 1. The van der Waals surface area contributed by atoms with Crippen molar-refractivity contribution < 1.29 is 13.2 Å². The zero-order chi connectivity index (χ0) is 19.6. The number of hydrogen-bond donors (Lipinski definition) is 2. The lowest BCUT2D eigenvalue weighted by atomic mass is 10.0. The minimum Gasteiger partial charge on any atom is -0.361 e. The Morgan fingerprint density at radius 3 is 2.71 bits per heavy atom. The number of amides is 1. The highest BCUT2D eigenvalue weighted by atomic mass is 32.2. The number of nitrogens with one attached hydrogen (secondary N) is 2. The van der Waals surface area contributed by atoms with Crippen molar-refractivity contribution in [3.05, 3.63) is 58.4 Å². The molecule has 1 aliphatic heterocycles. The Bertz CT molecular complexity index is 1040. The van der Waals surface area contributed by atoms with Gasteiger partial charge < -0.3 is 10.3 Å². The number of sulfone groups is 1. The van der Waals surface area contributed by atoms with Crippen molar-refractivity contribution >= 4 is 38.0 Å². The predicted molar refractivity (Wildman–Crippen MR) is 112 cm³/mol. The van der Waals surface area contributed by atoms with E-state index in [2.05, 4.69) is 10.3 Å². The quantitative estimate of drug-likeness (QED) is 0.644. The zero-order valence-electron chi connectivity index (χ0n) is 15.4. The summed E-state index contributed by atoms with van der Waals surface area (Å²) >= 11 is 1.61. The maximum absolute atomic E-state index is 13.1. The van der Waals surface area contributed by atoms with E-state index in [9.17, 15) is 13.2 Å². The second kappa shape index (κ2) is 8.06. The third-order valence-corrected chi connectivity index (χ3v) is 7.71. The summed E-state index contributed by atoms with van der Waals surface area (Å²) in [6.07, 6.45) is 2.49. The lowest BCUT2D eigenvalue weighted by molar-refractivity contribution is -0.126. The number of H-pyrrole nitrogens is 1. The number of benzene rings is 1. The van der Waals surface area contributed by atoms with Gasteiger partial charge >= 0.3 is 0 Å². The number of carbonyl (C=O) groups is 1. The monoisotopic (exact) mass is 417 g/mol. The van der Waals surface area contributed by atoms with Gasteiger partial charge in [0, 0.05) is 35.1 Å². The highest BCUT2D eigenvalue weighted by Crippen LogP contribution is 2.22. The fraction of sp³-hybridized carbons (Fsp3) is 0.350. The van der Waals surface area contributed by atoms with Crippen LogP contribution < -0.4 is 5.32 Å². The number of aromatic amines is 1. The van der Waals surface area contributed by atoms with Crippen LogP contribution in [0.25, 0.3) is 10.9 Å². The third-order valence-electron chi connectivity index (χ3n) is 5.23. The number of para-hydroxylation sites is 1. The van der Waals surface area contributed by atoms with E-state index in [0.717, 1.165) is 21.3 Å². The summed E-state index contributed by atoms with van der Waals surface area (Å²) in [6, 6.07) is 11.6. The number of nitrogens with zero attached hydrogens (tertiary/aromatic N) is 1. The van der Waals surface area contributed by atoms with Crippen molar-refractivity contribution in [1.82, 2.24) is 15.2 Å². The molecule has 2 aromatic heterocycles. The van der Waals surface area contributed by atoms with Gasteiger partial charge in [-0.2, -0.15) is 0 Å². The number of carbonyl (C=O) groups excluding carboxylic acids is 1. The first-order valence-electron chi connectivity index (χ1n) is 9.31. The molecule has 28 heavy (non-hydrogen) atoms. The smallest absolute Gasteiger partial charge is 0.237 e. The average Bonchev–Trinajstić information content (AvgIpc) is 3.35. The van der Waals surface area contributed by atoms with Crippen molar-refractivity contribution in [1.29, 1.82) is 0 Å². The van der Waals surface area contributed by atoms with Crippen LogP contribution in [-0.2, 0) is 27.6 Å². The lowest BCUT2D eigenvalue weighted by Crippen LogP contribution is -2.53. The van der Waals surface area contributed by atoms with Gasteiger partial charge in [0.15, 0.2) is 9.84 Å². The molecular formula is C20H23N3O3S2. The second-order valence-electron chi connectivity index (χ2n) is 7.06. The Kier molecular flexibility index (Phi) is 5.52. The second-order valence-corrected chi connectivity index (χ2v) is 10.4. The molecule has 8 heteroatoms. The first kappa shape index (κ1) is 19.2. The Morgan fingerprint density at radius 1 is 1.18 bits per heavy atom. The molecule has 3 heterocycles. The minimum absolute atomic E-state index is 0.0574. The van der Waals surface area contributed by atoms with Gasteiger partial charge in [-0.15, -0.1) is 11.3 Å². The molecule has 0 radical (unpaired) electrons. The van der Waals surface area contributed by atoms with Gasteiger partial charge in [0.25, 0.3) is 0 Å². The fourth-order valence-electron chi connectivity index (χ4n) is 3.64. The molecule has 2 N–H and O–H groups in total. The van der Waals surface area contributed by atoms with E-state index in [1.165, 1.54) is 0 Å². The number of aromatic nitrogens is 1. The van der Waals surface area contributed by atoms with Crippen LogP contribution in [0.1, 0.15) is 10.4 Å². The summed E-state index contributed by atoms with van der Waals surface area (Å²) in [4.78, 5) is 19.4. The molecule has 148 valence electrons. The van der Waals surface area contributed by atoms with Crippen LogP contribution in [-0.4, -0.2) is 54.8 Å². The van der Waals surface area contributed by atoms with Crippen molar-refractivity contribution in [2.24, 2.45) is 0 Å². The molecule has 1 aromatic carbocycles. The van der Waals surface area contributed by atoms with Crippen molar-refractivity contribution in [2.75, 3.05) is 24.6 Å². The van der Waals surface area contributed by atoms with Crippen LogP contribution in [0.4, 0.5) is 0 Å². The van der Waals surface area contributed by atoms with Crippen molar-refractivity contribution in [2.45, 2.75) is 19.0 Å². The number of rotatable bonds is 6. The van der Waals surface area contributed by atoms with Crippen molar-refractivity contribution in [3.63, 3.8) is 0 Å². The summed E-state index contributed by atoms with van der Waals surface area (Å²) < 4.78 is 23.7. The zero-order valence-corrected chi connectivity index (χ0v) is 17.1. The van der Waals surface area contributed by atoms with Crippen LogP contribution in [0.5, 0.6) is 0 Å². The largest absolute Gasteiger partial charge is 0.361 e. The topological polar surface area (TPSA) is 82.3 Å². The van der Waals surface area contributed by atoms with Gasteiger partial charge in [0.05, 0.1) is 24.1 Å². The SMILES string of the molecule is O=C(NCc1cccs1)[C@@H](Cc1c[nH]c2ccccc12)N1CCS(=O)(=O)CC1. The third kappa shape index (κ3) is 4.29. The molecule has 3 aromatic rings. The molecule has 1 fully saturated rings. The standard InChI is InChI=1S/C20H23N3O3S2/c24-20(22-14-16-4-3-9-27-16)19(23-7-10-28(25,26)11-8-23)12-15-13-21-18-6-2-1-5-17(15)18/h1-6,9,13,19,21H,7-8,10-12,14H2,(H,22,24)/t19-/m1/s1. The van der Waals surface area contributed by atoms with Gasteiger partial charge in [-0.3, -0.25) is 9.69 Å². The normalized spacial score (nSPS) is 18.1. The Balaban J connectivity index is 1.54. The Labute approximate surface area is 168 Å². The molecule has 0 bridgehead atoms. The van der Waals surface area contributed by atoms with Gasteiger partial charge in [0.1, 0.15) is 0 Å². The molecule has 6 nitrogen and oxygen atoms in total. The first-order valence-corrected chi connectivity index (χ1v) is 12.0. The highest BCUT2D eigenvalue weighted by molar-refractivity contribution is 7.91. The maximum atomic E-state index is 13.1. The van der Waals surface area contributed by atoms with E-state index in [4.69, 9.17) is 0 Å². The number of hydrogen-bond acceptors (Lipinski definition) is 5. The average molecular weight is 418 g/mol. The number of thiophene rings is 1. The van der Waals surface area contributed by atoms with Crippen LogP contribution in [0.15, 0.2) is 48.0 Å². The Hall–Kier alpha value is -2.16. The fourth-order valence-corrected chi connectivity index (χ4v) is 5.51. The molecule has 1 amide bonds. The van der Waals surface area contributed by atoms with E-state index < -0.39 is 15.9 Å². The van der Waals surface area contributed by atoms with Gasteiger partial charge in [0.2, 0.25) is 5.91 Å². The minimum atomic E-state index is -3.00. The lowest BCUT2D eigenvalue weighted by Gasteiger charge is -2.33. The molecule has 1 atom stereocenters. The Morgan fingerprint density at radius 2 is 1.96 bits per heavy atom. The van der Waals surface area contributed by atoms with E-state index in [1.807, 2.05) is 52.9 Å². The summed E-state index contributed by atoms with van der Waals surface area (Å²) in [5, 5.41) is 6.12. The first-order chi connectivity index (χ1) is 13.5. The summed E-state index contributed by atoms with van der Waals surface area (Å²) in [5.74, 6) is 0.156. The molecule has 0 spiro atoms. The van der Waals surface area contributed by atoms with Crippen molar-refractivity contribution in [3.8, 4) is 0 Å². The van der Waals surface area contributed by atoms with E-state index >= 15 is 0 Å². The molecule has 1 saturated heterocycles. The van der Waals surface area contributed by atoms with Crippen LogP contribution in [0, 0.1) is 0 Å². The van der Waals surface area contributed by atoms with Gasteiger partial charge in [-0.25, -0.2) is 8.42 Å². The van der Waals surface area contributed by atoms with E-state index in [-0.39, 0.29) is 17.4 Å². The molecular weight excluding hydrogens is 394 g/mol. The molecule has 1 aliphatic rings. The maximum Gasteiger partial charge on any atom is 0.237 e. The van der Waals surface area contributed by atoms with Crippen LogP contribution in [0.3, 0.4) is 0 Å². The molecule has 0 aliphatic carbocycles. The van der Waals surface area contributed by atoms with Crippen LogP contribution >= 0.6 is 11.3 Å². The molecule has 0 unspecified atom stereocenters. The van der Waals surface area contributed by atoms with E-state index in [0.29, 0.717) is 26.1 Å². The highest BCUT2D eigenvalue weighted by Gasteiger charge is 2.32.